The van der Waals surface area contributed by atoms with Crippen LogP contribution in [0.1, 0.15) is 5.56 Å². The predicted molar refractivity (Wildman–Crippen MR) is 53.4 cm³/mol. The van der Waals surface area contributed by atoms with Crippen molar-refractivity contribution in [2.75, 3.05) is 11.9 Å². The number of hydrogen-bond acceptors (Lipinski definition) is 3. The summed E-state index contributed by atoms with van der Waals surface area (Å²) in [5, 5.41) is 0. The van der Waals surface area contributed by atoms with Gasteiger partial charge in [-0.2, -0.15) is 0 Å². The molecule has 2 N–H and O–H groups in total. The number of benzene rings is 1. The predicted octanol–water partition coefficient (Wildman–Crippen LogP) is 1.78. The summed E-state index contributed by atoms with van der Waals surface area (Å²) in [7, 11) is 2.04. The van der Waals surface area contributed by atoms with Crippen molar-refractivity contribution in [3.05, 3.63) is 23.8 Å². The molecule has 3 heteroatoms. The van der Waals surface area contributed by atoms with Gasteiger partial charge < -0.3 is 10.6 Å². The molecule has 1 aliphatic heterocycles. The minimum atomic E-state index is 0.0844. The number of fused-ring (bicyclic) bond motifs is 1. The molecule has 12 heavy (non-hydrogen) atoms. The lowest BCUT2D eigenvalue weighted by atomic mass is 10.2. The highest BCUT2D eigenvalue weighted by Gasteiger charge is 2.24. The third-order valence-corrected chi connectivity index (χ3v) is 3.32. The Labute approximate surface area is 76.7 Å². The van der Waals surface area contributed by atoms with E-state index in [1.165, 1.54) is 16.1 Å². The van der Waals surface area contributed by atoms with Crippen molar-refractivity contribution in [2.24, 2.45) is 5.73 Å². The van der Waals surface area contributed by atoms with Gasteiger partial charge in [0, 0.05) is 11.9 Å². The van der Waals surface area contributed by atoms with E-state index in [2.05, 4.69) is 30.0 Å². The fraction of sp³-hybridized carbons (Fsp3) is 0.333. The molecule has 0 aromatic heterocycles. The maximum atomic E-state index is 5.89. The van der Waals surface area contributed by atoms with Gasteiger partial charge in [-0.15, -0.1) is 0 Å². The summed E-state index contributed by atoms with van der Waals surface area (Å²) in [6.07, 6.45) is 0. The molecule has 0 fully saturated rings. The van der Waals surface area contributed by atoms with Gasteiger partial charge in [0.2, 0.25) is 0 Å². The van der Waals surface area contributed by atoms with Crippen LogP contribution in [0.25, 0.3) is 0 Å². The SMILES string of the molecule is Cc1cccc2c1N(C)C(N)S2. The Kier molecular flexibility index (Phi) is 1.77. The molecule has 2 rings (SSSR count). The second kappa shape index (κ2) is 2.68. The lowest BCUT2D eigenvalue weighted by Crippen LogP contribution is -2.32. The van der Waals surface area contributed by atoms with Crippen LogP contribution in [0, 0.1) is 6.92 Å². The maximum Gasteiger partial charge on any atom is 0.130 e. The zero-order chi connectivity index (χ0) is 8.72. The molecule has 1 aromatic carbocycles. The molecule has 2 nitrogen and oxygen atoms in total. The third kappa shape index (κ3) is 1.01. The van der Waals surface area contributed by atoms with Crippen molar-refractivity contribution < 1.29 is 0 Å². The van der Waals surface area contributed by atoms with Crippen LogP contribution in [0.3, 0.4) is 0 Å². The Bertz CT molecular complexity index is 311. The van der Waals surface area contributed by atoms with Crippen LogP contribution in [-0.4, -0.2) is 12.5 Å². The molecule has 0 spiro atoms. The number of aryl methyl sites for hydroxylation is 1. The summed E-state index contributed by atoms with van der Waals surface area (Å²) < 4.78 is 0. The monoisotopic (exact) mass is 180 g/mol. The van der Waals surface area contributed by atoms with Crippen LogP contribution in [0.2, 0.25) is 0 Å². The molecular weight excluding hydrogens is 168 g/mol. The Morgan fingerprint density at radius 1 is 1.50 bits per heavy atom. The molecule has 0 amide bonds. The zero-order valence-corrected chi connectivity index (χ0v) is 8.06. The van der Waals surface area contributed by atoms with E-state index >= 15 is 0 Å². The normalized spacial score (nSPS) is 21.2. The fourth-order valence-corrected chi connectivity index (χ4v) is 2.61. The second-order valence-corrected chi connectivity index (χ2v) is 4.20. The number of hydrogen-bond donors (Lipinski definition) is 1. The molecule has 0 bridgehead atoms. The molecule has 1 atom stereocenters. The maximum absolute atomic E-state index is 5.89. The van der Waals surface area contributed by atoms with Gasteiger partial charge in [-0.05, 0) is 18.6 Å². The third-order valence-electron chi connectivity index (χ3n) is 2.18. The summed E-state index contributed by atoms with van der Waals surface area (Å²) in [5.41, 5.74) is 8.56. The first kappa shape index (κ1) is 7.95. The highest BCUT2D eigenvalue weighted by atomic mass is 32.2. The van der Waals surface area contributed by atoms with E-state index in [-0.39, 0.29) is 5.50 Å². The van der Waals surface area contributed by atoms with Crippen LogP contribution in [-0.2, 0) is 0 Å². The molecule has 1 heterocycles. The molecule has 0 aliphatic carbocycles. The smallest absolute Gasteiger partial charge is 0.130 e. The quantitative estimate of drug-likeness (QED) is 0.660. The minimum absolute atomic E-state index is 0.0844. The van der Waals surface area contributed by atoms with Gasteiger partial charge >= 0.3 is 0 Å². The van der Waals surface area contributed by atoms with Crippen LogP contribution in [0.4, 0.5) is 5.69 Å². The lowest BCUT2D eigenvalue weighted by Gasteiger charge is -2.18. The van der Waals surface area contributed by atoms with Crippen molar-refractivity contribution in [2.45, 2.75) is 17.3 Å². The van der Waals surface area contributed by atoms with Gasteiger partial charge in [0.15, 0.2) is 0 Å². The van der Waals surface area contributed by atoms with Crippen LogP contribution in [0.15, 0.2) is 23.1 Å². The largest absolute Gasteiger partial charge is 0.349 e. The van der Waals surface area contributed by atoms with E-state index in [0.29, 0.717) is 0 Å². The Hall–Kier alpha value is -0.670. The van der Waals surface area contributed by atoms with Crippen molar-refractivity contribution in [1.82, 2.24) is 0 Å². The van der Waals surface area contributed by atoms with Crippen LogP contribution in [0.5, 0.6) is 0 Å². The fourth-order valence-electron chi connectivity index (χ4n) is 1.52. The Morgan fingerprint density at radius 3 is 2.92 bits per heavy atom. The number of thioether (sulfide) groups is 1. The molecule has 0 saturated heterocycles. The van der Waals surface area contributed by atoms with Crippen molar-refractivity contribution in [1.29, 1.82) is 0 Å². The Morgan fingerprint density at radius 2 is 2.25 bits per heavy atom. The average molecular weight is 180 g/mol. The van der Waals surface area contributed by atoms with E-state index in [0.717, 1.165) is 0 Å². The molecule has 64 valence electrons. The van der Waals surface area contributed by atoms with Gasteiger partial charge in [-0.25, -0.2) is 0 Å². The number of anilines is 1. The van der Waals surface area contributed by atoms with E-state index < -0.39 is 0 Å². The van der Waals surface area contributed by atoms with Gasteiger partial charge in [-0.1, -0.05) is 23.9 Å². The van der Waals surface area contributed by atoms with E-state index in [1.807, 2.05) is 7.05 Å². The highest BCUT2D eigenvalue weighted by molar-refractivity contribution is 8.00. The molecule has 1 unspecified atom stereocenters. The van der Waals surface area contributed by atoms with E-state index in [1.54, 1.807) is 11.8 Å². The number of rotatable bonds is 0. The van der Waals surface area contributed by atoms with Gasteiger partial charge in [0.05, 0.1) is 5.69 Å². The first-order valence-corrected chi connectivity index (χ1v) is 4.83. The molecule has 1 aromatic rings. The van der Waals surface area contributed by atoms with E-state index in [9.17, 15) is 0 Å². The standard InChI is InChI=1S/C9H12N2S/c1-6-4-3-5-7-8(6)11(2)9(10)12-7/h3-5,9H,10H2,1-2H3. The number of para-hydroxylation sites is 1. The number of nitrogens with two attached hydrogens (primary N) is 1. The first-order valence-electron chi connectivity index (χ1n) is 3.95. The summed E-state index contributed by atoms with van der Waals surface area (Å²) in [4.78, 5) is 3.42. The van der Waals surface area contributed by atoms with Crippen molar-refractivity contribution in [3.63, 3.8) is 0 Å². The molecule has 0 saturated carbocycles. The van der Waals surface area contributed by atoms with Crippen molar-refractivity contribution >= 4 is 17.4 Å². The number of nitrogens with zero attached hydrogens (tertiary/aromatic N) is 1. The summed E-state index contributed by atoms with van der Waals surface area (Å²) in [6.45, 7) is 2.12. The molecular formula is C9H12N2S. The average Bonchev–Trinajstić information content (AvgIpc) is 2.29. The highest BCUT2D eigenvalue weighted by Crippen LogP contribution is 2.41. The van der Waals surface area contributed by atoms with Gasteiger partial charge in [0.1, 0.15) is 5.50 Å². The van der Waals surface area contributed by atoms with Gasteiger partial charge in [-0.3, -0.25) is 0 Å². The second-order valence-electron chi connectivity index (χ2n) is 3.04. The van der Waals surface area contributed by atoms with Crippen LogP contribution >= 0.6 is 11.8 Å². The first-order chi connectivity index (χ1) is 5.70. The van der Waals surface area contributed by atoms with Crippen molar-refractivity contribution in [3.8, 4) is 0 Å². The Balaban J connectivity index is 2.55. The molecule has 0 radical (unpaired) electrons. The van der Waals surface area contributed by atoms with Crippen LogP contribution < -0.4 is 10.6 Å². The topological polar surface area (TPSA) is 29.3 Å². The molecule has 1 aliphatic rings. The minimum Gasteiger partial charge on any atom is -0.349 e. The summed E-state index contributed by atoms with van der Waals surface area (Å²) >= 11 is 1.72. The summed E-state index contributed by atoms with van der Waals surface area (Å²) in [5.74, 6) is 0. The van der Waals surface area contributed by atoms with E-state index in [4.69, 9.17) is 5.73 Å². The summed E-state index contributed by atoms with van der Waals surface area (Å²) in [6, 6.07) is 6.32. The van der Waals surface area contributed by atoms with Gasteiger partial charge in [0.25, 0.3) is 0 Å². The zero-order valence-electron chi connectivity index (χ0n) is 7.24. The lowest BCUT2D eigenvalue weighted by molar-refractivity contribution is 0.882.